The molecular formula is C13H17ClN4. The van der Waals surface area contributed by atoms with Gasteiger partial charge in [0.25, 0.3) is 0 Å². The summed E-state index contributed by atoms with van der Waals surface area (Å²) in [4.78, 5) is 4.05. The van der Waals surface area contributed by atoms with Gasteiger partial charge >= 0.3 is 0 Å². The molecule has 5 heteroatoms. The second-order valence-corrected chi connectivity index (χ2v) is 6.02. The predicted octanol–water partition coefficient (Wildman–Crippen LogP) is 2.96. The van der Waals surface area contributed by atoms with Crippen molar-refractivity contribution in [3.63, 3.8) is 0 Å². The van der Waals surface area contributed by atoms with Gasteiger partial charge in [-0.15, -0.1) is 5.10 Å². The van der Waals surface area contributed by atoms with Gasteiger partial charge in [0.05, 0.1) is 12.2 Å². The lowest BCUT2D eigenvalue weighted by Gasteiger charge is -2.15. The monoisotopic (exact) mass is 264 g/mol. The van der Waals surface area contributed by atoms with Gasteiger partial charge in [0.2, 0.25) is 0 Å². The molecule has 0 saturated carbocycles. The quantitative estimate of drug-likeness (QED) is 0.801. The van der Waals surface area contributed by atoms with Gasteiger partial charge in [0.15, 0.2) is 0 Å². The van der Waals surface area contributed by atoms with Crippen molar-refractivity contribution < 1.29 is 0 Å². The van der Waals surface area contributed by atoms with Crippen molar-refractivity contribution in [2.24, 2.45) is 5.41 Å². The molecule has 2 heterocycles. The maximum atomic E-state index is 5.75. The molecule has 4 nitrogen and oxygen atoms in total. The zero-order chi connectivity index (χ0) is 13.2. The first-order valence-corrected chi connectivity index (χ1v) is 6.30. The van der Waals surface area contributed by atoms with Crippen molar-refractivity contribution in [1.29, 1.82) is 0 Å². The second kappa shape index (κ2) is 5.06. The molecule has 0 spiro atoms. The molecule has 2 aromatic heterocycles. The third-order valence-corrected chi connectivity index (χ3v) is 2.65. The van der Waals surface area contributed by atoms with Crippen LogP contribution in [0.4, 0.5) is 0 Å². The van der Waals surface area contributed by atoms with Crippen LogP contribution in [0, 0.1) is 5.41 Å². The van der Waals surface area contributed by atoms with Gasteiger partial charge in [-0.25, -0.2) is 9.67 Å². The fourth-order valence-electron chi connectivity index (χ4n) is 1.73. The largest absolute Gasteiger partial charge is 0.248 e. The Balaban J connectivity index is 2.04. The van der Waals surface area contributed by atoms with Crippen molar-refractivity contribution in [3.8, 4) is 0 Å². The molecule has 0 radical (unpaired) electrons. The number of rotatable bonds is 3. The molecule has 96 valence electrons. The third-order valence-electron chi connectivity index (χ3n) is 2.43. The van der Waals surface area contributed by atoms with E-state index in [1.165, 1.54) is 0 Å². The Hall–Kier alpha value is -1.42. The molecule has 2 rings (SSSR count). The van der Waals surface area contributed by atoms with Crippen LogP contribution in [-0.4, -0.2) is 20.0 Å². The average Bonchev–Trinajstić information content (AvgIpc) is 2.66. The highest BCUT2D eigenvalue weighted by Crippen LogP contribution is 2.18. The second-order valence-electron chi connectivity index (χ2n) is 5.63. The van der Waals surface area contributed by atoms with E-state index in [1.807, 2.05) is 16.9 Å². The number of halogens is 1. The maximum absolute atomic E-state index is 5.75. The summed E-state index contributed by atoms with van der Waals surface area (Å²) >= 11 is 5.75. The summed E-state index contributed by atoms with van der Waals surface area (Å²) in [5.74, 6) is 0. The number of aromatic nitrogens is 4. The van der Waals surface area contributed by atoms with E-state index in [-0.39, 0.29) is 5.41 Å². The third kappa shape index (κ3) is 3.81. The highest BCUT2D eigenvalue weighted by molar-refractivity contribution is 6.29. The lowest BCUT2D eigenvalue weighted by Crippen LogP contribution is -2.09. The fraction of sp³-hybridized carbons (Fsp3) is 0.462. The molecular weight excluding hydrogens is 248 g/mol. The Morgan fingerprint density at radius 2 is 2.06 bits per heavy atom. The summed E-state index contributed by atoms with van der Waals surface area (Å²) in [5.41, 5.74) is 2.30. The van der Waals surface area contributed by atoms with Crippen LogP contribution in [-0.2, 0) is 13.0 Å². The van der Waals surface area contributed by atoms with Gasteiger partial charge in [-0.3, -0.25) is 0 Å². The van der Waals surface area contributed by atoms with Gasteiger partial charge in [-0.2, -0.15) is 0 Å². The van der Waals surface area contributed by atoms with Gasteiger partial charge in [0, 0.05) is 12.4 Å². The fourth-order valence-corrected chi connectivity index (χ4v) is 1.84. The molecule has 0 bridgehead atoms. The van der Waals surface area contributed by atoms with Crippen molar-refractivity contribution in [1.82, 2.24) is 20.0 Å². The van der Waals surface area contributed by atoms with E-state index in [0.29, 0.717) is 11.7 Å². The first-order chi connectivity index (χ1) is 8.42. The standard InChI is InChI=1S/C13H17ClN4/c1-13(2,3)6-11-9-18(17-16-11)8-10-4-5-12(14)15-7-10/h4-5,7,9H,6,8H2,1-3H3. The lowest BCUT2D eigenvalue weighted by molar-refractivity contribution is 0.406. The van der Waals surface area contributed by atoms with Crippen molar-refractivity contribution in [2.45, 2.75) is 33.7 Å². The summed E-state index contributed by atoms with van der Waals surface area (Å²) in [7, 11) is 0. The Kier molecular flexibility index (Phi) is 3.66. The van der Waals surface area contributed by atoms with E-state index < -0.39 is 0 Å². The van der Waals surface area contributed by atoms with Crippen molar-refractivity contribution in [3.05, 3.63) is 40.9 Å². The van der Waals surface area contributed by atoms with Crippen LogP contribution in [0.25, 0.3) is 0 Å². The van der Waals surface area contributed by atoms with Gasteiger partial charge in [-0.05, 0) is 23.5 Å². The lowest BCUT2D eigenvalue weighted by atomic mass is 9.91. The average molecular weight is 265 g/mol. The molecule has 0 aromatic carbocycles. The van der Waals surface area contributed by atoms with E-state index in [0.717, 1.165) is 17.7 Å². The van der Waals surface area contributed by atoms with E-state index in [2.05, 4.69) is 36.1 Å². The molecule has 0 unspecified atom stereocenters. The Morgan fingerprint density at radius 1 is 1.28 bits per heavy atom. The minimum absolute atomic E-state index is 0.225. The van der Waals surface area contributed by atoms with Crippen LogP contribution in [0.15, 0.2) is 24.5 Å². The zero-order valence-electron chi connectivity index (χ0n) is 10.9. The van der Waals surface area contributed by atoms with Gasteiger partial charge in [0.1, 0.15) is 5.15 Å². The topological polar surface area (TPSA) is 43.6 Å². The van der Waals surface area contributed by atoms with Gasteiger partial charge in [-0.1, -0.05) is 43.7 Å². The normalized spacial score (nSPS) is 11.8. The number of hydrogen-bond donors (Lipinski definition) is 0. The van der Waals surface area contributed by atoms with Crippen LogP contribution in [0.1, 0.15) is 32.0 Å². The van der Waals surface area contributed by atoms with Crippen LogP contribution >= 0.6 is 11.6 Å². The Labute approximate surface area is 112 Å². The molecule has 2 aromatic rings. The zero-order valence-corrected chi connectivity index (χ0v) is 11.6. The molecule has 0 N–H and O–H groups in total. The molecule has 0 saturated heterocycles. The first kappa shape index (κ1) is 13.0. The number of pyridine rings is 1. The van der Waals surface area contributed by atoms with E-state index in [9.17, 15) is 0 Å². The van der Waals surface area contributed by atoms with Crippen LogP contribution in [0.2, 0.25) is 5.15 Å². The van der Waals surface area contributed by atoms with Crippen LogP contribution < -0.4 is 0 Å². The summed E-state index contributed by atoms with van der Waals surface area (Å²) < 4.78 is 1.83. The SMILES string of the molecule is CC(C)(C)Cc1cn(Cc2ccc(Cl)nc2)nn1. The Morgan fingerprint density at radius 3 is 2.67 bits per heavy atom. The molecule has 0 aliphatic rings. The summed E-state index contributed by atoms with van der Waals surface area (Å²) in [6, 6.07) is 3.73. The molecule has 0 atom stereocenters. The summed E-state index contributed by atoms with van der Waals surface area (Å²) in [6.45, 7) is 7.24. The maximum Gasteiger partial charge on any atom is 0.129 e. The predicted molar refractivity (Wildman–Crippen MR) is 71.5 cm³/mol. The highest BCUT2D eigenvalue weighted by atomic mass is 35.5. The van der Waals surface area contributed by atoms with E-state index >= 15 is 0 Å². The summed E-state index contributed by atoms with van der Waals surface area (Å²) in [6.07, 6.45) is 4.67. The van der Waals surface area contributed by atoms with E-state index in [4.69, 9.17) is 11.6 Å². The highest BCUT2D eigenvalue weighted by Gasteiger charge is 2.13. The molecule has 0 aliphatic heterocycles. The minimum Gasteiger partial charge on any atom is -0.248 e. The number of nitrogens with zero attached hydrogens (tertiary/aromatic N) is 4. The van der Waals surface area contributed by atoms with Crippen molar-refractivity contribution in [2.75, 3.05) is 0 Å². The van der Waals surface area contributed by atoms with E-state index in [1.54, 1.807) is 12.3 Å². The number of hydrogen-bond acceptors (Lipinski definition) is 3. The Bertz CT molecular complexity index is 511. The molecule has 0 aliphatic carbocycles. The smallest absolute Gasteiger partial charge is 0.129 e. The van der Waals surface area contributed by atoms with Crippen LogP contribution in [0.3, 0.4) is 0 Å². The van der Waals surface area contributed by atoms with Crippen molar-refractivity contribution >= 4 is 11.6 Å². The molecule has 0 amide bonds. The van der Waals surface area contributed by atoms with Crippen LogP contribution in [0.5, 0.6) is 0 Å². The summed E-state index contributed by atoms with van der Waals surface area (Å²) in [5, 5.41) is 8.81. The minimum atomic E-state index is 0.225. The van der Waals surface area contributed by atoms with Gasteiger partial charge < -0.3 is 0 Å². The molecule has 18 heavy (non-hydrogen) atoms. The first-order valence-electron chi connectivity index (χ1n) is 5.92. The molecule has 0 fully saturated rings.